The third kappa shape index (κ3) is 3.45. The van der Waals surface area contributed by atoms with Crippen LogP contribution < -0.4 is 0 Å². The normalized spacial score (nSPS) is 18.0. The second kappa shape index (κ2) is 6.34. The number of hydrogen-bond acceptors (Lipinski definition) is 2. The van der Waals surface area contributed by atoms with Crippen LogP contribution >= 0.6 is 28.3 Å². The summed E-state index contributed by atoms with van der Waals surface area (Å²) in [6.45, 7) is 0.488. The topological polar surface area (TPSA) is 57.6 Å². The average molecular weight is 353 g/mol. The number of aliphatic carboxylic acids is 1. The van der Waals surface area contributed by atoms with E-state index in [9.17, 15) is 14.0 Å². The smallest absolute Gasteiger partial charge is 0.308 e. The summed E-state index contributed by atoms with van der Waals surface area (Å²) in [4.78, 5) is 24.2. The first-order chi connectivity index (χ1) is 8.49. The van der Waals surface area contributed by atoms with Crippen LogP contribution in [-0.2, 0) is 4.79 Å². The largest absolute Gasteiger partial charge is 0.481 e. The molecule has 1 fully saturated rings. The van der Waals surface area contributed by atoms with Gasteiger partial charge in [-0.1, -0.05) is 15.9 Å². The van der Waals surface area contributed by atoms with Gasteiger partial charge in [0.1, 0.15) is 5.82 Å². The lowest BCUT2D eigenvalue weighted by Crippen LogP contribution is -2.30. The molecule has 1 aliphatic rings. The maximum atomic E-state index is 13.5. The Kier molecular flexibility index (Phi) is 5.31. The van der Waals surface area contributed by atoms with Gasteiger partial charge >= 0.3 is 5.97 Å². The van der Waals surface area contributed by atoms with Crippen LogP contribution in [0.15, 0.2) is 22.7 Å². The third-order valence-corrected chi connectivity index (χ3v) is 3.48. The van der Waals surface area contributed by atoms with Crippen molar-refractivity contribution in [3.63, 3.8) is 0 Å². The molecule has 0 saturated carbocycles. The molecule has 104 valence electrons. The van der Waals surface area contributed by atoms with Gasteiger partial charge in [0.2, 0.25) is 0 Å². The summed E-state index contributed by atoms with van der Waals surface area (Å²) in [5.74, 6) is -2.52. The highest BCUT2D eigenvalue weighted by Gasteiger charge is 2.32. The molecule has 1 aromatic carbocycles. The first kappa shape index (κ1) is 15.9. The molecule has 4 nitrogen and oxygen atoms in total. The number of likely N-dealkylation sites (tertiary alicyclic amines) is 1. The van der Waals surface area contributed by atoms with Gasteiger partial charge in [-0.25, -0.2) is 4.39 Å². The van der Waals surface area contributed by atoms with Crippen LogP contribution in [0.4, 0.5) is 4.39 Å². The number of carbonyl (C=O) groups excluding carboxylic acids is 1. The maximum Gasteiger partial charge on any atom is 0.308 e. The molecule has 0 bridgehead atoms. The van der Waals surface area contributed by atoms with Gasteiger partial charge in [0, 0.05) is 17.6 Å². The van der Waals surface area contributed by atoms with E-state index < -0.39 is 23.6 Å². The molecule has 0 aliphatic carbocycles. The molecular formula is C12H12BrClFNO3. The van der Waals surface area contributed by atoms with Gasteiger partial charge in [-0.15, -0.1) is 12.4 Å². The van der Waals surface area contributed by atoms with E-state index in [1.54, 1.807) is 0 Å². The van der Waals surface area contributed by atoms with Gasteiger partial charge < -0.3 is 10.0 Å². The fourth-order valence-electron chi connectivity index (χ4n) is 1.98. The van der Waals surface area contributed by atoms with Gasteiger partial charge in [-0.05, 0) is 24.6 Å². The molecule has 1 unspecified atom stereocenters. The standard InChI is InChI=1S/C12H11BrFNO3.ClH/c13-8-1-2-10(14)9(5-8)11(16)15-4-3-7(6-15)12(17)18;/h1-2,5,7H,3-4,6H2,(H,17,18);1H. The summed E-state index contributed by atoms with van der Waals surface area (Å²) in [5.41, 5.74) is -0.0320. The predicted molar refractivity (Wildman–Crippen MR) is 73.0 cm³/mol. The predicted octanol–water partition coefficient (Wildman–Crippen LogP) is 2.56. The summed E-state index contributed by atoms with van der Waals surface area (Å²) in [7, 11) is 0. The Morgan fingerprint density at radius 1 is 1.42 bits per heavy atom. The summed E-state index contributed by atoms with van der Waals surface area (Å²) >= 11 is 3.18. The van der Waals surface area contributed by atoms with Crippen molar-refractivity contribution in [2.45, 2.75) is 6.42 Å². The van der Waals surface area contributed by atoms with Crippen molar-refractivity contribution in [2.24, 2.45) is 5.92 Å². The van der Waals surface area contributed by atoms with E-state index in [1.807, 2.05) is 0 Å². The SMILES string of the molecule is Cl.O=C(O)C1CCN(C(=O)c2cc(Br)ccc2F)C1. The fourth-order valence-corrected chi connectivity index (χ4v) is 2.34. The second-order valence-corrected chi connectivity index (χ2v) is 5.11. The fraction of sp³-hybridized carbons (Fsp3) is 0.333. The number of carbonyl (C=O) groups is 2. The van der Waals surface area contributed by atoms with Crippen LogP contribution in [0.2, 0.25) is 0 Å². The minimum Gasteiger partial charge on any atom is -0.481 e. The van der Waals surface area contributed by atoms with Crippen molar-refractivity contribution in [3.05, 3.63) is 34.1 Å². The van der Waals surface area contributed by atoms with E-state index >= 15 is 0 Å². The highest BCUT2D eigenvalue weighted by molar-refractivity contribution is 9.10. The van der Waals surface area contributed by atoms with E-state index in [2.05, 4.69) is 15.9 Å². The van der Waals surface area contributed by atoms with Crippen LogP contribution in [-0.4, -0.2) is 35.0 Å². The van der Waals surface area contributed by atoms with Gasteiger partial charge in [0.05, 0.1) is 11.5 Å². The Balaban J connectivity index is 0.00000180. The van der Waals surface area contributed by atoms with Crippen molar-refractivity contribution >= 4 is 40.2 Å². The van der Waals surface area contributed by atoms with Crippen molar-refractivity contribution in [3.8, 4) is 0 Å². The zero-order valence-electron chi connectivity index (χ0n) is 9.81. The Bertz CT molecular complexity index is 512. The Labute approximate surface area is 124 Å². The second-order valence-electron chi connectivity index (χ2n) is 4.20. The van der Waals surface area contributed by atoms with Gasteiger partial charge in [0.15, 0.2) is 0 Å². The number of carboxylic acid groups (broad SMARTS) is 1. The molecule has 1 aromatic rings. The zero-order chi connectivity index (χ0) is 13.3. The van der Waals surface area contributed by atoms with E-state index in [0.29, 0.717) is 17.4 Å². The van der Waals surface area contributed by atoms with E-state index in [-0.39, 0.29) is 24.5 Å². The molecule has 1 saturated heterocycles. The molecule has 1 heterocycles. The van der Waals surface area contributed by atoms with E-state index in [0.717, 1.165) is 0 Å². The van der Waals surface area contributed by atoms with Crippen molar-refractivity contribution in [1.82, 2.24) is 4.90 Å². The summed E-state index contributed by atoms with van der Waals surface area (Å²) < 4.78 is 14.2. The number of hydrogen-bond donors (Lipinski definition) is 1. The number of nitrogens with zero attached hydrogens (tertiary/aromatic N) is 1. The highest BCUT2D eigenvalue weighted by Crippen LogP contribution is 2.22. The molecule has 7 heteroatoms. The molecular weight excluding hydrogens is 340 g/mol. The summed E-state index contributed by atoms with van der Waals surface area (Å²) in [5, 5.41) is 8.86. The first-order valence-electron chi connectivity index (χ1n) is 5.46. The van der Waals surface area contributed by atoms with Crippen molar-refractivity contribution < 1.29 is 19.1 Å². The quantitative estimate of drug-likeness (QED) is 0.890. The molecule has 1 N–H and O–H groups in total. The minimum absolute atomic E-state index is 0. The van der Waals surface area contributed by atoms with Gasteiger partial charge in [-0.3, -0.25) is 9.59 Å². The van der Waals surface area contributed by atoms with Crippen LogP contribution in [0, 0.1) is 11.7 Å². The molecule has 1 aliphatic heterocycles. The lowest BCUT2D eigenvalue weighted by atomic mass is 10.1. The molecule has 1 amide bonds. The van der Waals surface area contributed by atoms with Crippen LogP contribution in [0.3, 0.4) is 0 Å². The van der Waals surface area contributed by atoms with Crippen LogP contribution in [0.5, 0.6) is 0 Å². The number of carboxylic acids is 1. The third-order valence-electron chi connectivity index (χ3n) is 2.98. The first-order valence-corrected chi connectivity index (χ1v) is 6.25. The molecule has 0 aromatic heterocycles. The lowest BCUT2D eigenvalue weighted by molar-refractivity contribution is -0.141. The molecule has 0 radical (unpaired) electrons. The molecule has 2 rings (SSSR count). The summed E-state index contributed by atoms with van der Waals surface area (Å²) in [6, 6.07) is 4.13. The Morgan fingerprint density at radius 2 is 2.11 bits per heavy atom. The van der Waals surface area contributed by atoms with Crippen LogP contribution in [0.1, 0.15) is 16.8 Å². The maximum absolute atomic E-state index is 13.5. The average Bonchev–Trinajstić information content (AvgIpc) is 2.81. The Hall–Kier alpha value is -1.14. The van der Waals surface area contributed by atoms with Gasteiger partial charge in [-0.2, -0.15) is 0 Å². The molecule has 19 heavy (non-hydrogen) atoms. The van der Waals surface area contributed by atoms with Crippen LogP contribution in [0.25, 0.3) is 0 Å². The van der Waals surface area contributed by atoms with Crippen molar-refractivity contribution in [1.29, 1.82) is 0 Å². The van der Waals surface area contributed by atoms with Crippen molar-refractivity contribution in [2.75, 3.05) is 13.1 Å². The zero-order valence-corrected chi connectivity index (χ0v) is 12.2. The Morgan fingerprint density at radius 3 is 2.68 bits per heavy atom. The number of halogens is 3. The summed E-state index contributed by atoms with van der Waals surface area (Å²) in [6.07, 6.45) is 0.413. The monoisotopic (exact) mass is 351 g/mol. The number of benzene rings is 1. The van der Waals surface area contributed by atoms with Gasteiger partial charge in [0.25, 0.3) is 5.91 Å². The number of amides is 1. The minimum atomic E-state index is -0.917. The number of rotatable bonds is 2. The molecule has 0 spiro atoms. The molecule has 1 atom stereocenters. The lowest BCUT2D eigenvalue weighted by Gasteiger charge is -2.16. The highest BCUT2D eigenvalue weighted by atomic mass is 79.9. The van der Waals surface area contributed by atoms with E-state index in [1.165, 1.54) is 23.1 Å². The van der Waals surface area contributed by atoms with E-state index in [4.69, 9.17) is 5.11 Å².